The van der Waals surface area contributed by atoms with Crippen LogP contribution in [0.3, 0.4) is 0 Å². The van der Waals surface area contributed by atoms with Crippen LogP contribution in [0.15, 0.2) is 41.5 Å². The monoisotopic (exact) mass is 561 g/mol. The molecule has 1 aromatic heterocycles. The standard InChI is InChI=1S/C26H23Cl2F2N5O3/c1-13-8-21(14-4-6-26(29,30)7-5-14)32-20-3-2-16(11-17(13)20)38-23-18(27)9-15(10-19(23)28)35-25(37)33-24(36)22(12-31)34-35/h2-3,8-11,14,24-25,33,36-37H,4-7H2,1H3. The third-order valence-corrected chi connectivity index (χ3v) is 7.30. The Morgan fingerprint density at radius 2 is 1.82 bits per heavy atom. The van der Waals surface area contributed by atoms with Gasteiger partial charge in [-0.2, -0.15) is 10.4 Å². The van der Waals surface area contributed by atoms with Crippen molar-refractivity contribution in [2.24, 2.45) is 5.10 Å². The van der Waals surface area contributed by atoms with Crippen molar-refractivity contribution < 1.29 is 23.7 Å². The molecule has 0 radical (unpaired) electrons. The maximum atomic E-state index is 13.6. The van der Waals surface area contributed by atoms with Gasteiger partial charge in [-0.1, -0.05) is 23.2 Å². The number of aromatic nitrogens is 1. The molecule has 2 unspecified atom stereocenters. The van der Waals surface area contributed by atoms with Crippen molar-refractivity contribution in [1.82, 2.24) is 10.3 Å². The van der Waals surface area contributed by atoms with Crippen molar-refractivity contribution in [1.29, 1.82) is 5.26 Å². The van der Waals surface area contributed by atoms with E-state index in [0.717, 1.165) is 27.2 Å². The Labute approximate surface area is 227 Å². The third-order valence-electron chi connectivity index (χ3n) is 6.74. The van der Waals surface area contributed by atoms with Gasteiger partial charge in [0.2, 0.25) is 12.3 Å². The molecule has 0 bridgehead atoms. The van der Waals surface area contributed by atoms with Crippen molar-refractivity contribution in [3.63, 3.8) is 0 Å². The molecule has 3 aromatic rings. The van der Waals surface area contributed by atoms with Gasteiger partial charge in [-0.3, -0.25) is 4.98 Å². The van der Waals surface area contributed by atoms with Crippen LogP contribution in [0.5, 0.6) is 11.5 Å². The number of rotatable bonds is 4. The van der Waals surface area contributed by atoms with Crippen molar-refractivity contribution in [3.05, 3.63) is 57.7 Å². The first-order chi connectivity index (χ1) is 18.0. The van der Waals surface area contributed by atoms with Crippen LogP contribution < -0.4 is 15.1 Å². The van der Waals surface area contributed by atoms with E-state index in [4.69, 9.17) is 38.2 Å². The summed E-state index contributed by atoms with van der Waals surface area (Å²) in [6.45, 7) is 1.94. The van der Waals surface area contributed by atoms with Gasteiger partial charge in [0.25, 0.3) is 0 Å². The number of nitrogens with one attached hydrogen (secondary N) is 1. The summed E-state index contributed by atoms with van der Waals surface area (Å²) in [5.41, 5.74) is 2.52. The molecule has 198 valence electrons. The summed E-state index contributed by atoms with van der Waals surface area (Å²) in [5.74, 6) is -1.95. The number of ether oxygens (including phenoxy) is 1. The first-order valence-corrected chi connectivity index (χ1v) is 12.7. The molecule has 2 aliphatic rings. The summed E-state index contributed by atoms with van der Waals surface area (Å²) in [5, 5.41) is 37.6. The number of nitriles is 1. The number of benzene rings is 2. The van der Waals surface area contributed by atoms with Crippen LogP contribution in [-0.2, 0) is 0 Å². The number of anilines is 1. The normalized spacial score (nSPS) is 21.7. The molecular formula is C26H23Cl2F2N5O3. The molecule has 3 N–H and O–H groups in total. The molecular weight excluding hydrogens is 539 g/mol. The second-order valence-electron chi connectivity index (χ2n) is 9.40. The topological polar surface area (TPSA) is 114 Å². The van der Waals surface area contributed by atoms with Crippen LogP contribution >= 0.6 is 23.2 Å². The first-order valence-electron chi connectivity index (χ1n) is 11.9. The summed E-state index contributed by atoms with van der Waals surface area (Å²) in [6.07, 6.45) is -2.25. The molecule has 2 heterocycles. The lowest BCUT2D eigenvalue weighted by molar-refractivity contribution is -0.0384. The highest BCUT2D eigenvalue weighted by Crippen LogP contribution is 2.43. The molecule has 2 atom stereocenters. The van der Waals surface area contributed by atoms with Gasteiger partial charge >= 0.3 is 0 Å². The number of halogens is 4. The molecule has 1 saturated carbocycles. The number of aryl methyl sites for hydroxylation is 1. The van der Waals surface area contributed by atoms with E-state index in [9.17, 15) is 19.0 Å². The van der Waals surface area contributed by atoms with Gasteiger partial charge in [0.15, 0.2) is 17.7 Å². The van der Waals surface area contributed by atoms with Crippen LogP contribution in [0.2, 0.25) is 10.0 Å². The zero-order valence-electron chi connectivity index (χ0n) is 20.1. The first kappa shape index (κ1) is 26.5. The number of hydrazone groups is 1. The second kappa shape index (κ2) is 10.2. The summed E-state index contributed by atoms with van der Waals surface area (Å²) < 4.78 is 33.2. The number of hydrogen-bond donors (Lipinski definition) is 3. The molecule has 0 spiro atoms. The smallest absolute Gasteiger partial charge is 0.248 e. The number of aliphatic hydroxyl groups is 2. The van der Waals surface area contributed by atoms with E-state index in [1.807, 2.05) is 13.0 Å². The van der Waals surface area contributed by atoms with Gasteiger partial charge in [-0.25, -0.2) is 19.1 Å². The Balaban J connectivity index is 1.40. The minimum Gasteiger partial charge on any atom is -0.454 e. The van der Waals surface area contributed by atoms with E-state index >= 15 is 0 Å². The fourth-order valence-corrected chi connectivity index (χ4v) is 5.25. The van der Waals surface area contributed by atoms with Gasteiger partial charge in [-0.15, -0.1) is 0 Å². The predicted octanol–water partition coefficient (Wildman–Crippen LogP) is 5.82. The minimum absolute atomic E-state index is 0.00948. The zero-order valence-corrected chi connectivity index (χ0v) is 21.6. The number of aliphatic hydroxyl groups excluding tert-OH is 2. The second-order valence-corrected chi connectivity index (χ2v) is 10.2. The van der Waals surface area contributed by atoms with Crippen LogP contribution in [0.1, 0.15) is 42.9 Å². The fourth-order valence-electron chi connectivity index (χ4n) is 4.70. The Kier molecular flexibility index (Phi) is 7.15. The molecule has 38 heavy (non-hydrogen) atoms. The lowest BCUT2D eigenvalue weighted by atomic mass is 9.84. The number of pyridine rings is 1. The van der Waals surface area contributed by atoms with Gasteiger partial charge < -0.3 is 14.9 Å². The van der Waals surface area contributed by atoms with E-state index in [1.54, 1.807) is 24.3 Å². The molecule has 1 aliphatic carbocycles. The van der Waals surface area contributed by atoms with E-state index in [2.05, 4.69) is 10.4 Å². The van der Waals surface area contributed by atoms with Gasteiger partial charge in [0.1, 0.15) is 11.8 Å². The average molecular weight is 562 g/mol. The highest BCUT2D eigenvalue weighted by Gasteiger charge is 2.36. The molecule has 1 fully saturated rings. The number of fused-ring (bicyclic) bond motifs is 1. The minimum atomic E-state index is -2.59. The maximum absolute atomic E-state index is 13.6. The number of alkyl halides is 2. The maximum Gasteiger partial charge on any atom is 0.248 e. The van der Waals surface area contributed by atoms with E-state index in [-0.39, 0.29) is 46.0 Å². The van der Waals surface area contributed by atoms with E-state index in [1.165, 1.54) is 12.1 Å². The Morgan fingerprint density at radius 3 is 2.47 bits per heavy atom. The third kappa shape index (κ3) is 5.25. The van der Waals surface area contributed by atoms with Crippen molar-refractivity contribution in [2.45, 2.75) is 57.0 Å². The average Bonchev–Trinajstić information content (AvgIpc) is 2.86. The summed E-state index contributed by atoms with van der Waals surface area (Å²) in [4.78, 5) is 4.74. The molecule has 2 aromatic carbocycles. The van der Waals surface area contributed by atoms with Gasteiger partial charge in [0, 0.05) is 29.8 Å². The SMILES string of the molecule is Cc1cc(C2CCC(F)(F)CC2)nc2ccc(Oc3c(Cl)cc(N4N=C(C#N)C(O)NC4O)cc3Cl)cc12. The highest BCUT2D eigenvalue weighted by molar-refractivity contribution is 6.37. The summed E-state index contributed by atoms with van der Waals surface area (Å²) in [6, 6.07) is 11.9. The fraction of sp³-hybridized carbons (Fsp3) is 0.346. The predicted molar refractivity (Wildman–Crippen MR) is 140 cm³/mol. The Hall–Kier alpha value is -3.07. The van der Waals surface area contributed by atoms with Gasteiger partial charge in [-0.05, 0) is 61.7 Å². The lowest BCUT2D eigenvalue weighted by Crippen LogP contribution is -2.55. The number of nitrogens with zero attached hydrogens (tertiary/aromatic N) is 4. The Morgan fingerprint density at radius 1 is 1.13 bits per heavy atom. The highest BCUT2D eigenvalue weighted by atomic mass is 35.5. The zero-order chi connectivity index (χ0) is 27.2. The summed E-state index contributed by atoms with van der Waals surface area (Å²) in [7, 11) is 0. The molecule has 12 heteroatoms. The molecule has 0 amide bonds. The van der Waals surface area contributed by atoms with E-state index in [0.29, 0.717) is 18.6 Å². The molecule has 1 aliphatic heterocycles. The molecule has 8 nitrogen and oxygen atoms in total. The largest absolute Gasteiger partial charge is 0.454 e. The number of hydrogen-bond acceptors (Lipinski definition) is 8. The van der Waals surface area contributed by atoms with Crippen LogP contribution in [-0.4, -0.2) is 39.4 Å². The van der Waals surface area contributed by atoms with Crippen molar-refractivity contribution in [2.75, 3.05) is 5.01 Å². The van der Waals surface area contributed by atoms with Crippen LogP contribution in [0, 0.1) is 18.3 Å². The quantitative estimate of drug-likeness (QED) is 0.367. The molecule has 5 rings (SSSR count). The van der Waals surface area contributed by atoms with Crippen LogP contribution in [0.25, 0.3) is 10.9 Å². The van der Waals surface area contributed by atoms with Crippen LogP contribution in [0.4, 0.5) is 14.5 Å². The lowest BCUT2D eigenvalue weighted by Gasteiger charge is -2.32. The van der Waals surface area contributed by atoms with Crippen molar-refractivity contribution >= 4 is 45.5 Å². The van der Waals surface area contributed by atoms with Crippen molar-refractivity contribution in [3.8, 4) is 17.6 Å². The van der Waals surface area contributed by atoms with E-state index < -0.39 is 18.5 Å². The summed E-state index contributed by atoms with van der Waals surface area (Å²) >= 11 is 12.9. The van der Waals surface area contributed by atoms with Gasteiger partial charge in [0.05, 0.1) is 21.2 Å². The molecule has 0 saturated heterocycles. The Bertz CT molecular complexity index is 1450.